The molecule has 1 rings (SSSR count). The molecule has 114 valence electrons. The van der Waals surface area contributed by atoms with E-state index in [1.807, 2.05) is 6.92 Å². The lowest BCUT2D eigenvalue weighted by Gasteiger charge is -2.20. The Morgan fingerprint density at radius 2 is 1.81 bits per heavy atom. The van der Waals surface area contributed by atoms with E-state index < -0.39 is 5.97 Å². The summed E-state index contributed by atoms with van der Waals surface area (Å²) in [5, 5.41) is 11.4. The van der Waals surface area contributed by atoms with Gasteiger partial charge in [-0.2, -0.15) is 0 Å². The maximum Gasteiger partial charge on any atom is 0.305 e. The molecule has 2 N–H and O–H groups in total. The number of benzene rings is 1. The molecule has 0 bridgehead atoms. The predicted octanol–water partition coefficient (Wildman–Crippen LogP) is 1.26. The first kappa shape index (κ1) is 16.7. The molecular formula is C15H20N2O4. The van der Waals surface area contributed by atoms with Crippen molar-refractivity contribution in [2.75, 3.05) is 13.1 Å². The number of carbonyl (C=O) groups excluding carboxylic acids is 2. The lowest BCUT2D eigenvalue weighted by molar-refractivity contribution is -0.137. The molecule has 2 amide bonds. The van der Waals surface area contributed by atoms with Crippen molar-refractivity contribution in [1.82, 2.24) is 10.2 Å². The minimum Gasteiger partial charge on any atom is -0.481 e. The van der Waals surface area contributed by atoms with Crippen LogP contribution in [0.1, 0.15) is 36.2 Å². The number of carboxylic acids is 1. The van der Waals surface area contributed by atoms with E-state index >= 15 is 0 Å². The molecule has 0 spiro atoms. The zero-order valence-electron chi connectivity index (χ0n) is 12.3. The van der Waals surface area contributed by atoms with E-state index in [0.717, 1.165) is 5.56 Å². The van der Waals surface area contributed by atoms with Crippen LogP contribution in [0.4, 0.5) is 0 Å². The summed E-state index contributed by atoms with van der Waals surface area (Å²) in [5.74, 6) is -1.22. The average Bonchev–Trinajstić information content (AvgIpc) is 2.45. The highest BCUT2D eigenvalue weighted by molar-refractivity contribution is 5.94. The third kappa shape index (κ3) is 5.64. The number of carbonyl (C=O) groups is 3. The molecule has 0 saturated heterocycles. The van der Waals surface area contributed by atoms with Crippen molar-refractivity contribution in [3.63, 3.8) is 0 Å². The second-order valence-electron chi connectivity index (χ2n) is 4.64. The summed E-state index contributed by atoms with van der Waals surface area (Å²) in [6.45, 7) is 4.32. The molecule has 0 fully saturated rings. The molecule has 1 aromatic rings. The molecule has 0 atom stereocenters. The number of nitrogens with zero attached hydrogens (tertiary/aromatic N) is 1. The molecule has 0 heterocycles. The highest BCUT2D eigenvalue weighted by Crippen LogP contribution is 2.08. The number of hydrogen-bond acceptors (Lipinski definition) is 3. The van der Waals surface area contributed by atoms with Crippen molar-refractivity contribution in [3.05, 3.63) is 35.4 Å². The van der Waals surface area contributed by atoms with Gasteiger partial charge in [-0.1, -0.05) is 12.1 Å². The van der Waals surface area contributed by atoms with Crippen molar-refractivity contribution < 1.29 is 19.5 Å². The van der Waals surface area contributed by atoms with Crippen LogP contribution in [0.25, 0.3) is 0 Å². The molecule has 0 aliphatic carbocycles. The smallest absolute Gasteiger partial charge is 0.305 e. The maximum atomic E-state index is 12.2. The van der Waals surface area contributed by atoms with E-state index in [1.165, 1.54) is 11.8 Å². The van der Waals surface area contributed by atoms with Crippen molar-refractivity contribution in [2.45, 2.75) is 26.8 Å². The van der Waals surface area contributed by atoms with Crippen LogP contribution in [-0.4, -0.2) is 40.9 Å². The van der Waals surface area contributed by atoms with Crippen molar-refractivity contribution in [1.29, 1.82) is 0 Å². The number of nitrogens with one attached hydrogen (secondary N) is 1. The van der Waals surface area contributed by atoms with Gasteiger partial charge >= 0.3 is 5.97 Å². The Hall–Kier alpha value is -2.37. The summed E-state index contributed by atoms with van der Waals surface area (Å²) in [7, 11) is 0. The Bertz CT molecular complexity index is 511. The fraction of sp³-hybridized carbons (Fsp3) is 0.400. The molecule has 0 aromatic heterocycles. The van der Waals surface area contributed by atoms with Gasteiger partial charge in [-0.05, 0) is 24.6 Å². The largest absolute Gasteiger partial charge is 0.481 e. The van der Waals surface area contributed by atoms with Gasteiger partial charge in [-0.3, -0.25) is 14.4 Å². The van der Waals surface area contributed by atoms with E-state index in [2.05, 4.69) is 5.32 Å². The van der Waals surface area contributed by atoms with Gasteiger partial charge in [0.25, 0.3) is 5.91 Å². The van der Waals surface area contributed by atoms with Crippen molar-refractivity contribution >= 4 is 17.8 Å². The van der Waals surface area contributed by atoms with Gasteiger partial charge < -0.3 is 15.3 Å². The van der Waals surface area contributed by atoms with Gasteiger partial charge in [-0.25, -0.2) is 0 Å². The number of rotatable bonds is 7. The molecular weight excluding hydrogens is 272 g/mol. The lowest BCUT2D eigenvalue weighted by atomic mass is 10.1. The molecule has 6 nitrogen and oxygen atoms in total. The summed E-state index contributed by atoms with van der Waals surface area (Å²) in [6.07, 6.45) is -0.0693. The van der Waals surface area contributed by atoms with Crippen LogP contribution in [0.15, 0.2) is 24.3 Å². The second-order valence-corrected chi connectivity index (χ2v) is 4.64. The Labute approximate surface area is 123 Å². The van der Waals surface area contributed by atoms with Crippen LogP contribution >= 0.6 is 0 Å². The van der Waals surface area contributed by atoms with E-state index in [1.54, 1.807) is 24.3 Å². The maximum absolute atomic E-state index is 12.2. The molecule has 0 aliphatic heterocycles. The zero-order valence-corrected chi connectivity index (χ0v) is 12.3. The summed E-state index contributed by atoms with van der Waals surface area (Å²) >= 11 is 0. The van der Waals surface area contributed by atoms with Gasteiger partial charge in [0.15, 0.2) is 0 Å². The molecule has 0 unspecified atom stereocenters. The van der Waals surface area contributed by atoms with Crippen LogP contribution < -0.4 is 5.32 Å². The van der Waals surface area contributed by atoms with Gasteiger partial charge in [0.1, 0.15) is 0 Å². The fourth-order valence-electron chi connectivity index (χ4n) is 1.81. The van der Waals surface area contributed by atoms with E-state index in [-0.39, 0.29) is 24.8 Å². The highest BCUT2D eigenvalue weighted by Gasteiger charge is 2.15. The van der Waals surface area contributed by atoms with Crippen LogP contribution in [0.3, 0.4) is 0 Å². The van der Waals surface area contributed by atoms with Gasteiger partial charge in [0, 0.05) is 32.1 Å². The topological polar surface area (TPSA) is 86.7 Å². The molecule has 0 saturated carbocycles. The molecule has 1 aromatic carbocycles. The molecule has 6 heteroatoms. The summed E-state index contributed by atoms with van der Waals surface area (Å²) in [5.41, 5.74) is 1.41. The summed E-state index contributed by atoms with van der Waals surface area (Å²) in [6, 6.07) is 6.91. The summed E-state index contributed by atoms with van der Waals surface area (Å²) in [4.78, 5) is 35.1. The Kier molecular flexibility index (Phi) is 6.39. The first-order valence-corrected chi connectivity index (χ1v) is 6.78. The number of amides is 2. The van der Waals surface area contributed by atoms with E-state index in [0.29, 0.717) is 18.7 Å². The van der Waals surface area contributed by atoms with Gasteiger partial charge in [0.2, 0.25) is 5.91 Å². The van der Waals surface area contributed by atoms with Crippen LogP contribution in [-0.2, 0) is 16.1 Å². The first-order chi connectivity index (χ1) is 9.93. The number of hydrogen-bond donors (Lipinski definition) is 2. The SMILES string of the molecule is CCN(CCC(=O)O)C(=O)c1ccc(CNC(C)=O)cc1. The second kappa shape index (κ2) is 8.04. The minimum absolute atomic E-state index is 0.0693. The van der Waals surface area contributed by atoms with Gasteiger partial charge in [-0.15, -0.1) is 0 Å². The van der Waals surface area contributed by atoms with Crippen molar-refractivity contribution in [2.24, 2.45) is 0 Å². The molecule has 0 aliphatic rings. The van der Waals surface area contributed by atoms with E-state index in [4.69, 9.17) is 5.11 Å². The fourth-order valence-corrected chi connectivity index (χ4v) is 1.81. The van der Waals surface area contributed by atoms with Crippen LogP contribution in [0.2, 0.25) is 0 Å². The highest BCUT2D eigenvalue weighted by atomic mass is 16.4. The first-order valence-electron chi connectivity index (χ1n) is 6.78. The monoisotopic (exact) mass is 292 g/mol. The third-order valence-corrected chi connectivity index (χ3v) is 3.01. The molecule has 0 radical (unpaired) electrons. The normalized spacial score (nSPS) is 10.0. The minimum atomic E-state index is -0.924. The van der Waals surface area contributed by atoms with Crippen LogP contribution in [0.5, 0.6) is 0 Å². The molecule has 21 heavy (non-hydrogen) atoms. The Morgan fingerprint density at radius 1 is 1.19 bits per heavy atom. The van der Waals surface area contributed by atoms with Gasteiger partial charge in [0.05, 0.1) is 6.42 Å². The van der Waals surface area contributed by atoms with E-state index in [9.17, 15) is 14.4 Å². The van der Waals surface area contributed by atoms with Crippen LogP contribution in [0, 0.1) is 0 Å². The van der Waals surface area contributed by atoms with Crippen molar-refractivity contribution in [3.8, 4) is 0 Å². The quantitative estimate of drug-likeness (QED) is 0.792. The number of aliphatic carboxylic acids is 1. The zero-order chi connectivity index (χ0) is 15.8. The average molecular weight is 292 g/mol. The lowest BCUT2D eigenvalue weighted by Crippen LogP contribution is -2.32. The Balaban J connectivity index is 2.68. The Morgan fingerprint density at radius 3 is 2.29 bits per heavy atom. The summed E-state index contributed by atoms with van der Waals surface area (Å²) < 4.78 is 0. The third-order valence-electron chi connectivity index (χ3n) is 3.01. The standard InChI is InChI=1S/C15H20N2O4/c1-3-17(9-8-14(19)20)15(21)13-6-4-12(5-7-13)10-16-11(2)18/h4-7H,3,8-10H2,1-2H3,(H,16,18)(H,19,20). The number of carboxylic acid groups (broad SMARTS) is 1. The predicted molar refractivity (Wildman–Crippen MR) is 77.8 cm³/mol.